The van der Waals surface area contributed by atoms with Gasteiger partial charge < -0.3 is 4.90 Å². The van der Waals surface area contributed by atoms with Crippen molar-refractivity contribution in [2.75, 3.05) is 18.0 Å². The van der Waals surface area contributed by atoms with Gasteiger partial charge in [0.1, 0.15) is 17.3 Å². The van der Waals surface area contributed by atoms with Crippen LogP contribution in [-0.4, -0.2) is 44.8 Å². The van der Waals surface area contributed by atoms with Crippen LogP contribution in [0.5, 0.6) is 0 Å². The highest BCUT2D eigenvalue weighted by Crippen LogP contribution is 2.35. The maximum Gasteiger partial charge on any atom is 0.273 e. The molecule has 3 aromatic rings. The van der Waals surface area contributed by atoms with Crippen LogP contribution in [0.4, 0.5) is 10.2 Å². The first-order valence-electron chi connectivity index (χ1n) is 11.2. The normalized spacial score (nSPS) is 17.5. The molecule has 0 spiro atoms. The van der Waals surface area contributed by atoms with Gasteiger partial charge in [0.05, 0.1) is 12.5 Å². The van der Waals surface area contributed by atoms with Crippen molar-refractivity contribution in [3.8, 4) is 0 Å². The molecule has 0 N–H and O–H groups in total. The monoisotopic (exact) mass is 445 g/mol. The van der Waals surface area contributed by atoms with Crippen molar-refractivity contribution >= 4 is 17.6 Å². The van der Waals surface area contributed by atoms with Crippen LogP contribution in [0, 0.1) is 12.7 Å². The van der Waals surface area contributed by atoms with Crippen molar-refractivity contribution in [3.63, 3.8) is 0 Å². The molecule has 5 rings (SSSR count). The number of pyridine rings is 1. The molecular weight excluding hydrogens is 421 g/mol. The molecule has 2 aliphatic rings. The molecule has 1 fully saturated rings. The van der Waals surface area contributed by atoms with E-state index in [4.69, 9.17) is 9.97 Å². The van der Waals surface area contributed by atoms with Crippen molar-refractivity contribution < 1.29 is 14.0 Å². The van der Waals surface area contributed by atoms with Gasteiger partial charge in [0.25, 0.3) is 5.91 Å². The minimum atomic E-state index is -0.279. The molecule has 1 unspecified atom stereocenters. The van der Waals surface area contributed by atoms with Gasteiger partial charge in [-0.3, -0.25) is 19.5 Å². The summed E-state index contributed by atoms with van der Waals surface area (Å²) in [6.45, 7) is 2.82. The van der Waals surface area contributed by atoms with Gasteiger partial charge in [-0.1, -0.05) is 24.3 Å². The summed E-state index contributed by atoms with van der Waals surface area (Å²) in [7, 11) is 0. The van der Waals surface area contributed by atoms with E-state index in [1.54, 1.807) is 52.4 Å². The van der Waals surface area contributed by atoms with E-state index in [0.717, 1.165) is 24.1 Å². The number of anilines is 1. The zero-order valence-electron chi connectivity index (χ0n) is 18.4. The Kier molecular flexibility index (Phi) is 5.58. The lowest BCUT2D eigenvalue weighted by molar-refractivity contribution is -0.117. The fourth-order valence-electron chi connectivity index (χ4n) is 4.62. The fourth-order valence-corrected chi connectivity index (χ4v) is 4.62. The smallest absolute Gasteiger partial charge is 0.273 e. The second kappa shape index (κ2) is 8.69. The second-order valence-electron chi connectivity index (χ2n) is 8.40. The Hall–Kier alpha value is -3.68. The van der Waals surface area contributed by atoms with E-state index >= 15 is 0 Å². The van der Waals surface area contributed by atoms with Gasteiger partial charge in [-0.05, 0) is 49.9 Å². The first kappa shape index (κ1) is 21.2. The number of aryl methyl sites for hydroxylation is 1. The molecule has 0 aliphatic carbocycles. The summed E-state index contributed by atoms with van der Waals surface area (Å²) in [5, 5.41) is 0. The van der Waals surface area contributed by atoms with Crippen LogP contribution < -0.4 is 4.90 Å². The van der Waals surface area contributed by atoms with E-state index in [2.05, 4.69) is 4.98 Å². The summed E-state index contributed by atoms with van der Waals surface area (Å²) in [5.74, 6) is 0.629. The zero-order valence-corrected chi connectivity index (χ0v) is 18.4. The Bertz CT molecular complexity index is 1220. The van der Waals surface area contributed by atoms with Gasteiger partial charge in [0.2, 0.25) is 5.91 Å². The number of aromatic nitrogens is 3. The molecule has 2 aliphatic heterocycles. The predicted octanol–water partition coefficient (Wildman–Crippen LogP) is 3.43. The Morgan fingerprint density at radius 2 is 1.97 bits per heavy atom. The summed E-state index contributed by atoms with van der Waals surface area (Å²) < 4.78 is 14.1. The average Bonchev–Trinajstić information content (AvgIpc) is 3.43. The highest BCUT2D eigenvalue weighted by molar-refractivity contribution is 6.00. The second-order valence-corrected chi connectivity index (χ2v) is 8.40. The van der Waals surface area contributed by atoms with Crippen LogP contribution in [0.1, 0.15) is 52.0 Å². The number of carbonyl (C=O) groups is 2. The summed E-state index contributed by atoms with van der Waals surface area (Å²) in [4.78, 5) is 42.9. The molecule has 0 saturated carbocycles. The molecular formula is C25H24FN5O2. The first-order chi connectivity index (χ1) is 16.0. The highest BCUT2D eigenvalue weighted by Gasteiger charge is 2.36. The van der Waals surface area contributed by atoms with Gasteiger partial charge in [0.15, 0.2) is 5.82 Å². The van der Waals surface area contributed by atoms with Crippen LogP contribution in [0.15, 0.2) is 48.7 Å². The number of fused-ring (bicyclic) bond motifs is 1. The SMILES string of the molecule is Cc1nc(C2CCCN2C(=O)c2ccccn2)nc2c1CC(=O)N2CCc1ccccc1F. The maximum absolute atomic E-state index is 14.1. The fraction of sp³-hybridized carbons (Fsp3) is 0.320. The minimum absolute atomic E-state index is 0.0660. The van der Waals surface area contributed by atoms with E-state index in [0.29, 0.717) is 42.4 Å². The van der Waals surface area contributed by atoms with Crippen LogP contribution in [0.25, 0.3) is 0 Å². The number of carbonyl (C=O) groups excluding carboxylic acids is 2. The first-order valence-corrected chi connectivity index (χ1v) is 11.2. The molecule has 1 aromatic carbocycles. The number of likely N-dealkylation sites (tertiary alicyclic amines) is 1. The third-order valence-corrected chi connectivity index (χ3v) is 6.35. The van der Waals surface area contributed by atoms with Crippen LogP contribution in [-0.2, 0) is 17.6 Å². The molecule has 7 nitrogen and oxygen atoms in total. The molecule has 33 heavy (non-hydrogen) atoms. The van der Waals surface area contributed by atoms with Crippen LogP contribution >= 0.6 is 0 Å². The van der Waals surface area contributed by atoms with Crippen LogP contribution in [0.2, 0.25) is 0 Å². The molecule has 4 heterocycles. The van der Waals surface area contributed by atoms with Crippen molar-refractivity contribution in [1.82, 2.24) is 19.9 Å². The number of rotatable bonds is 5. The summed E-state index contributed by atoms with van der Waals surface area (Å²) in [5.41, 5.74) is 2.50. The Morgan fingerprint density at radius 3 is 2.76 bits per heavy atom. The molecule has 2 aromatic heterocycles. The van der Waals surface area contributed by atoms with E-state index in [-0.39, 0.29) is 30.1 Å². The lowest BCUT2D eigenvalue weighted by Crippen LogP contribution is -2.33. The number of hydrogen-bond acceptors (Lipinski definition) is 5. The molecule has 8 heteroatoms. The Labute approximate surface area is 191 Å². The summed E-state index contributed by atoms with van der Waals surface area (Å²) in [6, 6.07) is 11.6. The highest BCUT2D eigenvalue weighted by atomic mass is 19.1. The van der Waals surface area contributed by atoms with Crippen molar-refractivity contribution in [3.05, 3.63) is 82.8 Å². The third kappa shape index (κ3) is 3.97. The zero-order chi connectivity index (χ0) is 22.9. The van der Waals surface area contributed by atoms with Gasteiger partial charge in [-0.25, -0.2) is 14.4 Å². The third-order valence-electron chi connectivity index (χ3n) is 6.35. The van der Waals surface area contributed by atoms with Crippen molar-refractivity contribution in [2.45, 2.75) is 38.6 Å². The predicted molar refractivity (Wildman–Crippen MR) is 120 cm³/mol. The largest absolute Gasteiger partial charge is 0.327 e. The molecule has 1 saturated heterocycles. The van der Waals surface area contributed by atoms with Gasteiger partial charge in [-0.15, -0.1) is 0 Å². The number of halogens is 1. The minimum Gasteiger partial charge on any atom is -0.327 e. The lowest BCUT2D eigenvalue weighted by Gasteiger charge is -2.25. The summed E-state index contributed by atoms with van der Waals surface area (Å²) in [6.07, 6.45) is 3.83. The van der Waals surface area contributed by atoms with Crippen LogP contribution in [0.3, 0.4) is 0 Å². The Balaban J connectivity index is 1.43. The lowest BCUT2D eigenvalue weighted by atomic mass is 10.1. The molecule has 2 amide bonds. The summed E-state index contributed by atoms with van der Waals surface area (Å²) >= 11 is 0. The number of benzene rings is 1. The topological polar surface area (TPSA) is 79.3 Å². The quantitative estimate of drug-likeness (QED) is 0.601. The van der Waals surface area contributed by atoms with E-state index in [9.17, 15) is 14.0 Å². The van der Waals surface area contributed by atoms with E-state index in [1.807, 2.05) is 6.92 Å². The van der Waals surface area contributed by atoms with Gasteiger partial charge in [0, 0.05) is 30.5 Å². The number of hydrogen-bond donors (Lipinski definition) is 0. The van der Waals surface area contributed by atoms with E-state index < -0.39 is 0 Å². The van der Waals surface area contributed by atoms with Crippen molar-refractivity contribution in [1.29, 1.82) is 0 Å². The van der Waals surface area contributed by atoms with E-state index in [1.165, 1.54) is 6.07 Å². The molecule has 0 bridgehead atoms. The molecule has 0 radical (unpaired) electrons. The number of nitrogens with zero attached hydrogens (tertiary/aromatic N) is 5. The van der Waals surface area contributed by atoms with Crippen molar-refractivity contribution in [2.24, 2.45) is 0 Å². The number of amides is 2. The Morgan fingerprint density at radius 1 is 1.15 bits per heavy atom. The maximum atomic E-state index is 14.1. The standard InChI is InChI=1S/C25H24FN5O2/c1-16-18-15-22(32)31(14-11-17-7-2-3-8-19(17)26)24(18)29-23(28-16)21-10-6-13-30(21)25(33)20-9-4-5-12-27-20/h2-5,7-9,12,21H,6,10-11,13-15H2,1H3. The van der Waals surface area contributed by atoms with Gasteiger partial charge in [-0.2, -0.15) is 0 Å². The molecule has 1 atom stereocenters. The van der Waals surface area contributed by atoms with Gasteiger partial charge >= 0.3 is 0 Å². The molecule has 168 valence electrons. The average molecular weight is 445 g/mol.